The molecule has 0 aromatic rings. The fourth-order valence-electron chi connectivity index (χ4n) is 3.35. The lowest BCUT2D eigenvalue weighted by molar-refractivity contribution is -0.154. The minimum atomic E-state index is -4.42. The third kappa shape index (κ3) is 4.37. The molecular weight excluding hydrogens is 257 g/mol. The highest BCUT2D eigenvalue weighted by Gasteiger charge is 2.38. The van der Waals surface area contributed by atoms with Crippen LogP contribution in [0.25, 0.3) is 0 Å². The molecule has 2 aliphatic rings. The summed E-state index contributed by atoms with van der Waals surface area (Å²) in [6.45, 7) is 0.775. The van der Waals surface area contributed by atoms with E-state index < -0.39 is 18.5 Å². The Bertz CT molecular complexity index is 319. The minimum Gasteiger partial charge on any atom is -0.353 e. The molecule has 3 nitrogen and oxygen atoms in total. The van der Waals surface area contributed by atoms with Gasteiger partial charge in [-0.25, -0.2) is 0 Å². The molecule has 1 aliphatic carbocycles. The van der Waals surface area contributed by atoms with E-state index in [9.17, 15) is 18.0 Å². The van der Waals surface area contributed by atoms with E-state index in [1.54, 1.807) is 0 Å². The predicted molar refractivity (Wildman–Crippen MR) is 65.7 cm³/mol. The van der Waals surface area contributed by atoms with Crippen LogP contribution in [0, 0.1) is 0 Å². The van der Waals surface area contributed by atoms with E-state index in [1.807, 2.05) is 0 Å². The van der Waals surface area contributed by atoms with Gasteiger partial charge in [-0.05, 0) is 32.2 Å². The van der Waals surface area contributed by atoms with Crippen molar-refractivity contribution in [1.82, 2.24) is 10.6 Å². The first-order valence-corrected chi connectivity index (χ1v) is 7.00. The van der Waals surface area contributed by atoms with Crippen LogP contribution < -0.4 is 10.6 Å². The predicted octanol–water partition coefficient (Wildman–Crippen LogP) is 2.51. The first-order chi connectivity index (χ1) is 8.89. The van der Waals surface area contributed by atoms with Crippen LogP contribution in [0.5, 0.6) is 0 Å². The Morgan fingerprint density at radius 1 is 1.26 bits per heavy atom. The van der Waals surface area contributed by atoms with Crippen molar-refractivity contribution in [3.8, 4) is 0 Å². The van der Waals surface area contributed by atoms with Crippen molar-refractivity contribution in [2.45, 2.75) is 69.1 Å². The van der Waals surface area contributed by atoms with Crippen molar-refractivity contribution in [3.63, 3.8) is 0 Å². The molecule has 0 aromatic heterocycles. The van der Waals surface area contributed by atoms with Crippen molar-refractivity contribution in [2.24, 2.45) is 0 Å². The first kappa shape index (κ1) is 14.6. The van der Waals surface area contributed by atoms with Crippen LogP contribution in [0.1, 0.15) is 51.4 Å². The summed E-state index contributed by atoms with van der Waals surface area (Å²) in [4.78, 5) is 11.3. The van der Waals surface area contributed by atoms with Gasteiger partial charge in [0.25, 0.3) is 0 Å². The number of carbonyl (C=O) groups is 1. The number of halogens is 3. The molecule has 1 atom stereocenters. The highest BCUT2D eigenvalue weighted by molar-refractivity contribution is 5.76. The molecule has 6 heteroatoms. The molecule has 1 aliphatic heterocycles. The molecule has 2 N–H and O–H groups in total. The van der Waals surface area contributed by atoms with Crippen molar-refractivity contribution < 1.29 is 18.0 Å². The molecule has 19 heavy (non-hydrogen) atoms. The van der Waals surface area contributed by atoms with Crippen LogP contribution in [0.15, 0.2) is 0 Å². The lowest BCUT2D eigenvalue weighted by Crippen LogP contribution is -2.57. The average Bonchev–Trinajstić information content (AvgIpc) is 2.27. The third-order valence-corrected chi connectivity index (χ3v) is 4.17. The van der Waals surface area contributed by atoms with Crippen molar-refractivity contribution in [2.75, 3.05) is 6.54 Å². The van der Waals surface area contributed by atoms with Crippen LogP contribution in [0.2, 0.25) is 0 Å². The molecule has 1 saturated carbocycles. The Hall–Kier alpha value is -0.780. The van der Waals surface area contributed by atoms with Gasteiger partial charge in [-0.1, -0.05) is 19.3 Å². The molecule has 0 aromatic carbocycles. The number of piperidine rings is 1. The van der Waals surface area contributed by atoms with Gasteiger partial charge in [0, 0.05) is 11.6 Å². The Morgan fingerprint density at radius 3 is 2.58 bits per heavy atom. The summed E-state index contributed by atoms with van der Waals surface area (Å²) < 4.78 is 36.4. The van der Waals surface area contributed by atoms with Gasteiger partial charge in [-0.2, -0.15) is 13.2 Å². The number of nitrogens with one attached hydrogen (secondary N) is 2. The van der Waals surface area contributed by atoms with E-state index in [0.717, 1.165) is 38.6 Å². The Balaban J connectivity index is 1.85. The van der Waals surface area contributed by atoms with Crippen LogP contribution in [0.3, 0.4) is 0 Å². The summed E-state index contributed by atoms with van der Waals surface area (Å²) in [5.74, 6) is -0.898. The number of amides is 1. The maximum atomic E-state index is 12.1. The van der Waals surface area contributed by atoms with E-state index in [1.165, 1.54) is 6.42 Å². The molecule has 0 bridgehead atoms. The van der Waals surface area contributed by atoms with Gasteiger partial charge in [0.05, 0.1) is 0 Å². The second kappa shape index (κ2) is 5.69. The van der Waals surface area contributed by atoms with Gasteiger partial charge in [0.15, 0.2) is 0 Å². The number of hydrogen-bond acceptors (Lipinski definition) is 2. The zero-order chi connectivity index (χ0) is 13.9. The van der Waals surface area contributed by atoms with Gasteiger partial charge in [-0.15, -0.1) is 0 Å². The Kier molecular flexibility index (Phi) is 4.38. The summed E-state index contributed by atoms with van der Waals surface area (Å²) in [6.07, 6.45) is 1.38. The molecule has 1 amide bonds. The minimum absolute atomic E-state index is 0.0483. The lowest BCUT2D eigenvalue weighted by Gasteiger charge is -2.44. The molecule has 1 unspecified atom stereocenters. The van der Waals surface area contributed by atoms with Crippen molar-refractivity contribution >= 4 is 5.91 Å². The SMILES string of the molecule is O=C(CC(F)(F)F)NC1CCNC2(CCCCC2)C1. The number of carbonyl (C=O) groups excluding carboxylic acids is 1. The summed E-state index contributed by atoms with van der Waals surface area (Å²) in [6, 6.07) is -0.116. The molecular formula is C13H21F3N2O. The maximum absolute atomic E-state index is 12.1. The third-order valence-electron chi connectivity index (χ3n) is 4.17. The van der Waals surface area contributed by atoms with Gasteiger partial charge in [-0.3, -0.25) is 4.79 Å². The molecule has 1 spiro atoms. The number of alkyl halides is 3. The number of rotatable bonds is 2. The quantitative estimate of drug-likeness (QED) is 0.815. The fourth-order valence-corrected chi connectivity index (χ4v) is 3.35. The average molecular weight is 278 g/mol. The summed E-state index contributed by atoms with van der Waals surface area (Å²) in [5, 5.41) is 6.06. The summed E-state index contributed by atoms with van der Waals surface area (Å²) in [5.41, 5.74) is 0.0483. The Morgan fingerprint density at radius 2 is 1.95 bits per heavy atom. The monoisotopic (exact) mass is 278 g/mol. The topological polar surface area (TPSA) is 41.1 Å². The zero-order valence-corrected chi connectivity index (χ0v) is 11.0. The number of hydrogen-bond donors (Lipinski definition) is 2. The maximum Gasteiger partial charge on any atom is 0.397 e. The summed E-state index contributed by atoms with van der Waals surface area (Å²) >= 11 is 0. The smallest absolute Gasteiger partial charge is 0.353 e. The normalized spacial score (nSPS) is 27.2. The standard InChI is InChI=1S/C13H21F3N2O/c14-13(15,16)9-11(19)18-10-4-7-17-12(8-10)5-2-1-3-6-12/h10,17H,1-9H2,(H,18,19). The molecule has 2 rings (SSSR count). The van der Waals surface area contributed by atoms with Crippen molar-refractivity contribution in [1.29, 1.82) is 0 Å². The van der Waals surface area contributed by atoms with E-state index in [2.05, 4.69) is 10.6 Å². The second-order valence-electron chi connectivity index (χ2n) is 5.82. The van der Waals surface area contributed by atoms with Crippen LogP contribution in [-0.4, -0.2) is 30.2 Å². The van der Waals surface area contributed by atoms with E-state index in [-0.39, 0.29) is 11.6 Å². The van der Waals surface area contributed by atoms with Gasteiger partial charge >= 0.3 is 6.18 Å². The van der Waals surface area contributed by atoms with Crippen molar-refractivity contribution in [3.05, 3.63) is 0 Å². The highest BCUT2D eigenvalue weighted by Crippen LogP contribution is 2.34. The van der Waals surface area contributed by atoms with E-state index >= 15 is 0 Å². The van der Waals surface area contributed by atoms with E-state index in [4.69, 9.17) is 0 Å². The van der Waals surface area contributed by atoms with Gasteiger partial charge in [0.2, 0.25) is 5.91 Å². The van der Waals surface area contributed by atoms with Crippen LogP contribution in [0.4, 0.5) is 13.2 Å². The van der Waals surface area contributed by atoms with Gasteiger partial charge in [0.1, 0.15) is 6.42 Å². The molecule has 0 radical (unpaired) electrons. The zero-order valence-electron chi connectivity index (χ0n) is 11.0. The fraction of sp³-hybridized carbons (Fsp3) is 0.923. The second-order valence-corrected chi connectivity index (χ2v) is 5.82. The van der Waals surface area contributed by atoms with E-state index in [0.29, 0.717) is 6.42 Å². The van der Waals surface area contributed by atoms with Crippen LogP contribution in [-0.2, 0) is 4.79 Å². The Labute approximate surface area is 111 Å². The van der Waals surface area contributed by atoms with Gasteiger partial charge < -0.3 is 10.6 Å². The van der Waals surface area contributed by atoms with Crippen LogP contribution >= 0.6 is 0 Å². The molecule has 2 fully saturated rings. The summed E-state index contributed by atoms with van der Waals surface area (Å²) in [7, 11) is 0. The first-order valence-electron chi connectivity index (χ1n) is 7.00. The molecule has 1 heterocycles. The highest BCUT2D eigenvalue weighted by atomic mass is 19.4. The molecule has 110 valence electrons. The molecule has 1 saturated heterocycles. The lowest BCUT2D eigenvalue weighted by atomic mass is 9.75. The largest absolute Gasteiger partial charge is 0.397 e.